The van der Waals surface area contributed by atoms with Gasteiger partial charge in [0, 0.05) is 0 Å². The number of hydrogen-bond donors (Lipinski definition) is 0. The van der Waals surface area contributed by atoms with E-state index in [1.165, 1.54) is 0 Å². The van der Waals surface area contributed by atoms with Gasteiger partial charge in [0.1, 0.15) is 12.7 Å². The Morgan fingerprint density at radius 2 is 2.06 bits per heavy atom. The second-order valence-corrected chi connectivity index (χ2v) is 4.41. The van der Waals surface area contributed by atoms with Crippen LogP contribution in [0.4, 0.5) is 0 Å². The summed E-state index contributed by atoms with van der Waals surface area (Å²) in [6.45, 7) is 1.78. The van der Waals surface area contributed by atoms with Crippen molar-refractivity contribution in [2.24, 2.45) is 0 Å². The van der Waals surface area contributed by atoms with Crippen molar-refractivity contribution in [1.82, 2.24) is 0 Å². The highest BCUT2D eigenvalue weighted by atomic mass is 32.2. The van der Waals surface area contributed by atoms with E-state index in [4.69, 9.17) is 13.1 Å². The number of carbonyl (C=O) groups is 1. The van der Waals surface area contributed by atoms with E-state index >= 15 is 0 Å². The van der Waals surface area contributed by atoms with Crippen molar-refractivity contribution < 1.29 is 22.1 Å². The van der Waals surface area contributed by atoms with Crippen LogP contribution in [0, 0.1) is 0 Å². The zero-order valence-electron chi connectivity index (χ0n) is 9.20. The quantitative estimate of drug-likeness (QED) is 0.758. The van der Waals surface area contributed by atoms with E-state index in [-0.39, 0.29) is 6.61 Å². The van der Waals surface area contributed by atoms with Crippen molar-refractivity contribution >= 4 is 17.3 Å². The molecule has 0 spiro atoms. The molecule has 1 saturated heterocycles. The fraction of sp³-hybridized carbons (Fsp3) is 0.364. The minimum absolute atomic E-state index is 0.166. The van der Waals surface area contributed by atoms with Crippen LogP contribution in [0.2, 0.25) is 0 Å². The van der Waals surface area contributed by atoms with Gasteiger partial charge in [0.25, 0.3) is 0 Å². The van der Waals surface area contributed by atoms with Gasteiger partial charge in [0.05, 0.1) is 0 Å². The van der Waals surface area contributed by atoms with Crippen LogP contribution in [-0.4, -0.2) is 22.4 Å². The topological polar surface area (TPSA) is 61.8 Å². The lowest BCUT2D eigenvalue weighted by Crippen LogP contribution is -2.30. The molecule has 1 aliphatic rings. The first-order valence-corrected chi connectivity index (χ1v) is 6.13. The standard InChI is InChI=1S/C11H12O5S/c1-8-10(16-17(13)15-8)11(12)14-7-9-5-3-2-4-6-9/h2-6,8,10H,7H2,1H3/t8-,10+,17?/m1/s1. The van der Waals surface area contributed by atoms with Gasteiger partial charge in [-0.2, -0.15) is 4.21 Å². The predicted molar refractivity (Wildman–Crippen MR) is 59.8 cm³/mol. The maximum atomic E-state index is 11.6. The third-order valence-electron chi connectivity index (χ3n) is 2.30. The Labute approximate surface area is 102 Å². The molecular formula is C11H12O5S. The molecule has 92 valence electrons. The number of benzene rings is 1. The molecule has 2 rings (SSSR count). The largest absolute Gasteiger partial charge is 0.459 e. The van der Waals surface area contributed by atoms with Crippen molar-refractivity contribution in [2.75, 3.05) is 0 Å². The van der Waals surface area contributed by atoms with E-state index in [1.54, 1.807) is 6.92 Å². The number of hydrogen-bond acceptors (Lipinski definition) is 5. The lowest BCUT2D eigenvalue weighted by Gasteiger charge is -2.10. The lowest BCUT2D eigenvalue weighted by molar-refractivity contribution is -0.154. The Hall–Kier alpha value is -1.24. The van der Waals surface area contributed by atoms with Crippen LogP contribution in [0.25, 0.3) is 0 Å². The zero-order valence-corrected chi connectivity index (χ0v) is 10.0. The van der Waals surface area contributed by atoms with Crippen LogP contribution in [0.5, 0.6) is 0 Å². The number of esters is 1. The summed E-state index contributed by atoms with van der Waals surface area (Å²) in [5, 5.41) is 0. The highest BCUT2D eigenvalue weighted by Crippen LogP contribution is 2.18. The molecule has 1 fully saturated rings. The van der Waals surface area contributed by atoms with E-state index in [0.717, 1.165) is 5.56 Å². The smallest absolute Gasteiger partial charge is 0.339 e. The van der Waals surface area contributed by atoms with Crippen molar-refractivity contribution in [3.8, 4) is 0 Å². The lowest BCUT2D eigenvalue weighted by atomic mass is 10.2. The van der Waals surface area contributed by atoms with Gasteiger partial charge in [-0.05, 0) is 12.5 Å². The number of ether oxygens (including phenoxy) is 1. The Morgan fingerprint density at radius 1 is 1.35 bits per heavy atom. The molecule has 1 heterocycles. The molecule has 3 atom stereocenters. The van der Waals surface area contributed by atoms with Gasteiger partial charge < -0.3 is 4.74 Å². The Morgan fingerprint density at radius 3 is 2.65 bits per heavy atom. The fourth-order valence-electron chi connectivity index (χ4n) is 1.40. The zero-order chi connectivity index (χ0) is 12.3. The third kappa shape index (κ3) is 3.12. The predicted octanol–water partition coefficient (Wildman–Crippen LogP) is 1.11. The van der Waals surface area contributed by atoms with E-state index in [1.807, 2.05) is 30.3 Å². The molecule has 0 aliphatic carbocycles. The third-order valence-corrected chi connectivity index (χ3v) is 3.12. The van der Waals surface area contributed by atoms with Crippen molar-refractivity contribution in [3.63, 3.8) is 0 Å². The molecule has 1 aliphatic heterocycles. The summed E-state index contributed by atoms with van der Waals surface area (Å²) in [7, 11) is 0. The van der Waals surface area contributed by atoms with Crippen LogP contribution in [0.3, 0.4) is 0 Å². The first-order valence-electron chi connectivity index (χ1n) is 5.13. The second-order valence-electron chi connectivity index (χ2n) is 3.62. The normalized spacial score (nSPS) is 27.9. The summed E-state index contributed by atoms with van der Waals surface area (Å²) in [4.78, 5) is 11.6. The molecule has 17 heavy (non-hydrogen) atoms. The minimum Gasteiger partial charge on any atom is -0.459 e. The molecular weight excluding hydrogens is 244 g/mol. The van der Waals surface area contributed by atoms with Crippen molar-refractivity contribution in [1.29, 1.82) is 0 Å². The number of rotatable bonds is 3. The van der Waals surface area contributed by atoms with Gasteiger partial charge in [-0.25, -0.2) is 4.79 Å². The van der Waals surface area contributed by atoms with E-state index in [9.17, 15) is 9.00 Å². The maximum absolute atomic E-state index is 11.6. The SMILES string of the molecule is C[C@H]1OS(=O)O[C@@H]1C(=O)OCc1ccccc1. The first kappa shape index (κ1) is 12.2. The van der Waals surface area contributed by atoms with Crippen LogP contribution >= 0.6 is 0 Å². The molecule has 0 bridgehead atoms. The first-order chi connectivity index (χ1) is 8.16. The highest BCUT2D eigenvalue weighted by molar-refractivity contribution is 7.75. The van der Waals surface area contributed by atoms with Gasteiger partial charge in [-0.1, -0.05) is 30.3 Å². The van der Waals surface area contributed by atoms with Gasteiger partial charge in [-0.3, -0.25) is 8.37 Å². The Kier molecular flexibility index (Phi) is 3.88. The molecule has 0 amide bonds. The Bertz CT molecular complexity index is 419. The molecule has 0 aromatic heterocycles. The minimum atomic E-state index is -1.85. The van der Waals surface area contributed by atoms with Gasteiger partial charge in [0.15, 0.2) is 0 Å². The average molecular weight is 256 g/mol. The molecule has 1 aromatic carbocycles. The van der Waals surface area contributed by atoms with Crippen LogP contribution in [0.15, 0.2) is 30.3 Å². The van der Waals surface area contributed by atoms with Gasteiger partial charge >= 0.3 is 17.3 Å². The summed E-state index contributed by atoms with van der Waals surface area (Å²) in [6.07, 6.45) is -1.47. The summed E-state index contributed by atoms with van der Waals surface area (Å²) >= 11 is -1.85. The summed E-state index contributed by atoms with van der Waals surface area (Å²) < 4.78 is 25.5. The van der Waals surface area contributed by atoms with E-state index < -0.39 is 29.5 Å². The summed E-state index contributed by atoms with van der Waals surface area (Å²) in [6, 6.07) is 9.29. The molecule has 1 aromatic rings. The molecule has 5 nitrogen and oxygen atoms in total. The average Bonchev–Trinajstić information content (AvgIpc) is 2.67. The van der Waals surface area contributed by atoms with Crippen molar-refractivity contribution in [3.05, 3.63) is 35.9 Å². The van der Waals surface area contributed by atoms with Crippen LogP contribution in [0.1, 0.15) is 12.5 Å². The molecule has 0 saturated carbocycles. The maximum Gasteiger partial charge on any atom is 0.339 e. The summed E-state index contributed by atoms with van der Waals surface area (Å²) in [5.74, 6) is -0.563. The molecule has 6 heteroatoms. The van der Waals surface area contributed by atoms with Gasteiger partial charge in [-0.15, -0.1) is 0 Å². The van der Waals surface area contributed by atoms with E-state index in [2.05, 4.69) is 0 Å². The molecule has 0 radical (unpaired) electrons. The monoisotopic (exact) mass is 256 g/mol. The van der Waals surface area contributed by atoms with Crippen LogP contribution < -0.4 is 0 Å². The van der Waals surface area contributed by atoms with Crippen LogP contribution in [-0.2, 0) is 35.9 Å². The van der Waals surface area contributed by atoms with Gasteiger partial charge in [0.2, 0.25) is 6.10 Å². The molecule has 1 unspecified atom stereocenters. The van der Waals surface area contributed by atoms with E-state index in [0.29, 0.717) is 0 Å². The van der Waals surface area contributed by atoms with Crippen molar-refractivity contribution in [2.45, 2.75) is 25.7 Å². The number of carbonyl (C=O) groups excluding carboxylic acids is 1. The summed E-state index contributed by atoms with van der Waals surface area (Å²) in [5.41, 5.74) is 0.883. The second kappa shape index (κ2) is 5.39. The Balaban J connectivity index is 1.88. The highest BCUT2D eigenvalue weighted by Gasteiger charge is 2.38. The fourth-order valence-corrected chi connectivity index (χ4v) is 2.20. The molecule has 0 N–H and O–H groups in total.